The van der Waals surface area contributed by atoms with E-state index in [2.05, 4.69) is 0 Å². The van der Waals surface area contributed by atoms with E-state index in [4.69, 9.17) is 5.73 Å². The molecule has 1 aromatic carbocycles. The number of carbonyl (C=O) groups excluding carboxylic acids is 3. The molecule has 0 aliphatic carbocycles. The SMILES string of the molecule is CC(C)C(N)CCN(C)C(=O)CN1C(=O)c2ccccc2C1=O.Cl. The highest BCUT2D eigenvalue weighted by Crippen LogP contribution is 2.22. The van der Waals surface area contributed by atoms with Crippen molar-refractivity contribution in [2.45, 2.75) is 26.3 Å². The van der Waals surface area contributed by atoms with Crippen LogP contribution in [-0.4, -0.2) is 53.7 Å². The third kappa shape index (κ3) is 4.13. The standard InChI is InChI=1S/C17H23N3O3.ClH/c1-11(2)14(18)8-9-19(3)15(21)10-20-16(22)12-6-4-5-7-13(12)17(20)23;/h4-7,11,14H,8-10,18H2,1-3H3;1H. The molecule has 7 heteroatoms. The van der Waals surface area contributed by atoms with Crippen molar-refractivity contribution >= 4 is 30.1 Å². The Hall–Kier alpha value is -1.92. The molecule has 1 unspecified atom stereocenters. The molecule has 0 radical (unpaired) electrons. The molecule has 0 saturated heterocycles. The van der Waals surface area contributed by atoms with Crippen LogP contribution in [-0.2, 0) is 4.79 Å². The van der Waals surface area contributed by atoms with Crippen molar-refractivity contribution in [1.82, 2.24) is 9.80 Å². The summed E-state index contributed by atoms with van der Waals surface area (Å²) in [5.41, 5.74) is 6.69. The van der Waals surface area contributed by atoms with Gasteiger partial charge in [0.25, 0.3) is 11.8 Å². The number of rotatable bonds is 6. The summed E-state index contributed by atoms with van der Waals surface area (Å²) in [5.74, 6) is -0.748. The maximum Gasteiger partial charge on any atom is 0.262 e. The van der Waals surface area contributed by atoms with E-state index in [0.29, 0.717) is 30.0 Å². The van der Waals surface area contributed by atoms with E-state index >= 15 is 0 Å². The van der Waals surface area contributed by atoms with E-state index in [1.807, 2.05) is 13.8 Å². The van der Waals surface area contributed by atoms with Gasteiger partial charge in [-0.3, -0.25) is 19.3 Å². The van der Waals surface area contributed by atoms with Gasteiger partial charge in [0.2, 0.25) is 5.91 Å². The number of benzene rings is 1. The van der Waals surface area contributed by atoms with E-state index in [9.17, 15) is 14.4 Å². The van der Waals surface area contributed by atoms with Crippen LogP contribution in [0.2, 0.25) is 0 Å². The molecule has 0 aromatic heterocycles. The first-order valence-corrected chi connectivity index (χ1v) is 7.77. The third-order valence-electron chi connectivity index (χ3n) is 4.25. The lowest BCUT2D eigenvalue weighted by Crippen LogP contribution is -2.42. The molecular weight excluding hydrogens is 330 g/mol. The lowest BCUT2D eigenvalue weighted by atomic mass is 10.0. The molecular formula is C17H24ClN3O3. The van der Waals surface area contributed by atoms with Gasteiger partial charge in [-0.15, -0.1) is 12.4 Å². The minimum Gasteiger partial charge on any atom is -0.344 e. The van der Waals surface area contributed by atoms with Crippen LogP contribution in [0.3, 0.4) is 0 Å². The molecule has 2 N–H and O–H groups in total. The van der Waals surface area contributed by atoms with Crippen molar-refractivity contribution in [2.75, 3.05) is 20.1 Å². The van der Waals surface area contributed by atoms with E-state index < -0.39 is 11.8 Å². The molecule has 1 aliphatic rings. The number of nitrogens with zero attached hydrogens (tertiary/aromatic N) is 2. The molecule has 0 saturated carbocycles. The molecule has 132 valence electrons. The first kappa shape index (κ1) is 20.1. The molecule has 1 heterocycles. The normalized spacial score (nSPS) is 14.5. The van der Waals surface area contributed by atoms with E-state index in [1.54, 1.807) is 31.3 Å². The Morgan fingerprint density at radius 3 is 2.12 bits per heavy atom. The molecule has 1 atom stereocenters. The molecule has 0 spiro atoms. The number of hydrogen-bond acceptors (Lipinski definition) is 4. The Labute approximate surface area is 148 Å². The second-order valence-corrected chi connectivity index (χ2v) is 6.25. The minimum atomic E-state index is -0.411. The number of imide groups is 1. The van der Waals surface area contributed by atoms with Crippen molar-refractivity contribution < 1.29 is 14.4 Å². The fourth-order valence-corrected chi connectivity index (χ4v) is 2.44. The smallest absolute Gasteiger partial charge is 0.262 e. The zero-order chi connectivity index (χ0) is 17.1. The lowest BCUT2D eigenvalue weighted by molar-refractivity contribution is -0.130. The Balaban J connectivity index is 0.00000288. The summed E-state index contributed by atoms with van der Waals surface area (Å²) in [7, 11) is 1.66. The number of hydrogen-bond donors (Lipinski definition) is 1. The fourth-order valence-electron chi connectivity index (χ4n) is 2.44. The van der Waals surface area contributed by atoms with Crippen LogP contribution >= 0.6 is 12.4 Å². The van der Waals surface area contributed by atoms with Gasteiger partial charge in [0.05, 0.1) is 11.1 Å². The van der Waals surface area contributed by atoms with Crippen molar-refractivity contribution in [3.63, 3.8) is 0 Å². The highest BCUT2D eigenvalue weighted by Gasteiger charge is 2.36. The van der Waals surface area contributed by atoms with Crippen molar-refractivity contribution in [3.05, 3.63) is 35.4 Å². The summed E-state index contributed by atoms with van der Waals surface area (Å²) in [5, 5.41) is 0. The minimum absolute atomic E-state index is 0. The highest BCUT2D eigenvalue weighted by molar-refractivity contribution is 6.22. The predicted molar refractivity (Wildman–Crippen MR) is 94.1 cm³/mol. The summed E-state index contributed by atoms with van der Waals surface area (Å²) < 4.78 is 0. The predicted octanol–water partition coefficient (Wildman–Crippen LogP) is 1.54. The van der Waals surface area contributed by atoms with Gasteiger partial charge < -0.3 is 10.6 Å². The molecule has 0 fully saturated rings. The summed E-state index contributed by atoms with van der Waals surface area (Å²) in [6.07, 6.45) is 0.683. The summed E-state index contributed by atoms with van der Waals surface area (Å²) in [4.78, 5) is 39.3. The number of amides is 3. The first-order valence-electron chi connectivity index (χ1n) is 7.77. The quantitative estimate of drug-likeness (QED) is 0.786. The molecule has 0 bridgehead atoms. The number of carbonyl (C=O) groups is 3. The Morgan fingerprint density at radius 1 is 1.17 bits per heavy atom. The molecule has 24 heavy (non-hydrogen) atoms. The molecule has 6 nitrogen and oxygen atoms in total. The largest absolute Gasteiger partial charge is 0.344 e. The number of likely N-dealkylation sites (N-methyl/N-ethyl adjacent to an activating group) is 1. The Kier molecular flexibility index (Phi) is 6.93. The second-order valence-electron chi connectivity index (χ2n) is 6.25. The first-order chi connectivity index (χ1) is 10.8. The van der Waals surface area contributed by atoms with Gasteiger partial charge >= 0.3 is 0 Å². The molecule has 1 aromatic rings. The highest BCUT2D eigenvalue weighted by atomic mass is 35.5. The van der Waals surface area contributed by atoms with Crippen LogP contribution < -0.4 is 5.73 Å². The van der Waals surface area contributed by atoms with Crippen LogP contribution in [0.25, 0.3) is 0 Å². The van der Waals surface area contributed by atoms with Gasteiger partial charge in [0, 0.05) is 19.6 Å². The summed E-state index contributed by atoms with van der Waals surface area (Å²) >= 11 is 0. The van der Waals surface area contributed by atoms with E-state index in [0.717, 1.165) is 4.90 Å². The van der Waals surface area contributed by atoms with E-state index in [1.165, 1.54) is 4.90 Å². The van der Waals surface area contributed by atoms with Crippen molar-refractivity contribution in [3.8, 4) is 0 Å². The average Bonchev–Trinajstić information content (AvgIpc) is 2.77. The average molecular weight is 354 g/mol. The Bertz CT molecular complexity index is 598. The monoisotopic (exact) mass is 353 g/mol. The van der Waals surface area contributed by atoms with Gasteiger partial charge in [-0.1, -0.05) is 26.0 Å². The summed E-state index contributed by atoms with van der Waals surface area (Å²) in [6, 6.07) is 6.63. The van der Waals surface area contributed by atoms with Crippen LogP contribution in [0, 0.1) is 5.92 Å². The number of nitrogens with two attached hydrogens (primary N) is 1. The van der Waals surface area contributed by atoms with Crippen LogP contribution in [0.15, 0.2) is 24.3 Å². The second kappa shape index (κ2) is 8.26. The maximum atomic E-state index is 12.3. The van der Waals surface area contributed by atoms with Gasteiger partial charge in [-0.2, -0.15) is 0 Å². The molecule has 2 rings (SSSR count). The van der Waals surface area contributed by atoms with Crippen molar-refractivity contribution in [2.24, 2.45) is 11.7 Å². The van der Waals surface area contributed by atoms with Crippen LogP contribution in [0.1, 0.15) is 41.0 Å². The lowest BCUT2D eigenvalue weighted by Gasteiger charge is -2.23. The summed E-state index contributed by atoms with van der Waals surface area (Å²) in [6.45, 7) is 4.33. The topological polar surface area (TPSA) is 83.7 Å². The van der Waals surface area contributed by atoms with E-state index in [-0.39, 0.29) is 30.9 Å². The number of fused-ring (bicyclic) bond motifs is 1. The zero-order valence-electron chi connectivity index (χ0n) is 14.2. The van der Waals surface area contributed by atoms with Crippen LogP contribution in [0.4, 0.5) is 0 Å². The third-order valence-corrected chi connectivity index (χ3v) is 4.25. The fraction of sp³-hybridized carbons (Fsp3) is 0.471. The molecule has 3 amide bonds. The van der Waals surface area contributed by atoms with Crippen LogP contribution in [0.5, 0.6) is 0 Å². The number of halogens is 1. The molecule has 1 aliphatic heterocycles. The van der Waals surface area contributed by atoms with Gasteiger partial charge in [0.15, 0.2) is 0 Å². The van der Waals surface area contributed by atoms with Gasteiger partial charge in [-0.25, -0.2) is 0 Å². The Morgan fingerprint density at radius 2 is 1.67 bits per heavy atom. The van der Waals surface area contributed by atoms with Gasteiger partial charge in [-0.05, 0) is 24.5 Å². The van der Waals surface area contributed by atoms with Gasteiger partial charge in [0.1, 0.15) is 6.54 Å². The van der Waals surface area contributed by atoms with Crippen molar-refractivity contribution in [1.29, 1.82) is 0 Å². The zero-order valence-corrected chi connectivity index (χ0v) is 15.0. The maximum absolute atomic E-state index is 12.3.